The molecule has 6 heteroatoms. The normalized spacial score (nSPS) is 14.6. The van der Waals surface area contributed by atoms with Crippen LogP contribution in [0.4, 0.5) is 0 Å². The van der Waals surface area contributed by atoms with E-state index in [0.717, 1.165) is 26.9 Å². The summed E-state index contributed by atoms with van der Waals surface area (Å²) in [6.07, 6.45) is 5.30. The highest BCUT2D eigenvalue weighted by molar-refractivity contribution is 6.36. The highest BCUT2D eigenvalue weighted by atomic mass is 16.2. The molecule has 0 radical (unpaired) electrons. The van der Waals surface area contributed by atoms with Crippen molar-refractivity contribution in [2.75, 3.05) is 7.05 Å². The van der Waals surface area contributed by atoms with Crippen LogP contribution in [0.2, 0.25) is 0 Å². The first-order chi connectivity index (χ1) is 12.6. The zero-order chi connectivity index (χ0) is 18.3. The fourth-order valence-electron chi connectivity index (χ4n) is 3.29. The van der Waals surface area contributed by atoms with Gasteiger partial charge in [0.25, 0.3) is 11.8 Å². The minimum atomic E-state index is -0.313. The largest absolute Gasteiger partial charge is 0.376 e. The number of likely N-dealkylation sites (N-methyl/N-ethyl adjacent to an activating group) is 1. The first kappa shape index (κ1) is 16.1. The Morgan fingerprint density at radius 3 is 2.50 bits per heavy atom. The predicted octanol–water partition coefficient (Wildman–Crippen LogP) is 2.07. The zero-order valence-electron chi connectivity index (χ0n) is 14.6. The molecule has 6 nitrogen and oxygen atoms in total. The third kappa shape index (κ3) is 2.47. The van der Waals surface area contributed by atoms with Crippen molar-refractivity contribution in [3.63, 3.8) is 0 Å². The predicted molar refractivity (Wildman–Crippen MR) is 98.7 cm³/mol. The molecule has 1 aromatic carbocycles. The number of benzene rings is 1. The third-order valence-electron chi connectivity index (χ3n) is 4.67. The summed E-state index contributed by atoms with van der Waals surface area (Å²) in [7, 11) is 3.44. The van der Waals surface area contributed by atoms with Gasteiger partial charge in [0, 0.05) is 55.7 Å². The van der Waals surface area contributed by atoms with Crippen molar-refractivity contribution >= 4 is 28.3 Å². The second-order valence-electron chi connectivity index (χ2n) is 6.30. The topological polar surface area (TPSA) is 67.2 Å². The molecule has 0 saturated carbocycles. The summed E-state index contributed by atoms with van der Waals surface area (Å²) in [6, 6.07) is 11.6. The molecule has 4 rings (SSSR count). The summed E-state index contributed by atoms with van der Waals surface area (Å²) in [4.78, 5) is 30.6. The zero-order valence-corrected chi connectivity index (χ0v) is 14.6. The van der Waals surface area contributed by atoms with Crippen LogP contribution in [-0.2, 0) is 23.2 Å². The smallest absolute Gasteiger partial charge is 0.277 e. The lowest BCUT2D eigenvalue weighted by atomic mass is 10.0. The molecule has 0 saturated heterocycles. The molecule has 0 unspecified atom stereocenters. The molecular formula is C20H18N4O2. The van der Waals surface area contributed by atoms with Gasteiger partial charge < -0.3 is 9.88 Å². The van der Waals surface area contributed by atoms with E-state index in [9.17, 15) is 9.59 Å². The fourth-order valence-corrected chi connectivity index (χ4v) is 3.29. The van der Waals surface area contributed by atoms with E-state index in [1.165, 1.54) is 7.05 Å². The lowest BCUT2D eigenvalue weighted by Crippen LogP contribution is -2.29. The minimum absolute atomic E-state index is 0.288. The maximum atomic E-state index is 12.8. The number of amides is 2. The number of rotatable bonds is 4. The van der Waals surface area contributed by atoms with Gasteiger partial charge in [0.1, 0.15) is 5.70 Å². The van der Waals surface area contributed by atoms with Gasteiger partial charge in [-0.3, -0.25) is 19.5 Å². The lowest BCUT2D eigenvalue weighted by Gasteiger charge is -2.08. The second-order valence-corrected chi connectivity index (χ2v) is 6.30. The number of hydrogen-bond donors (Lipinski definition) is 1. The van der Waals surface area contributed by atoms with Crippen molar-refractivity contribution < 1.29 is 9.59 Å². The Morgan fingerprint density at radius 1 is 1.00 bits per heavy atom. The van der Waals surface area contributed by atoms with E-state index < -0.39 is 0 Å². The van der Waals surface area contributed by atoms with Crippen LogP contribution in [0.25, 0.3) is 16.5 Å². The van der Waals surface area contributed by atoms with Gasteiger partial charge in [-0.2, -0.15) is 0 Å². The number of pyridine rings is 1. The Balaban J connectivity index is 1.82. The van der Waals surface area contributed by atoms with Crippen LogP contribution in [0.1, 0.15) is 11.1 Å². The Bertz CT molecular complexity index is 1050. The van der Waals surface area contributed by atoms with E-state index in [1.807, 2.05) is 54.2 Å². The van der Waals surface area contributed by atoms with Gasteiger partial charge >= 0.3 is 0 Å². The molecule has 1 aliphatic rings. The van der Waals surface area contributed by atoms with Gasteiger partial charge in [0.05, 0.1) is 5.57 Å². The van der Waals surface area contributed by atoms with Crippen LogP contribution >= 0.6 is 0 Å². The SMILES string of the molecule is CN1C(=O)C(NCc2ccncc2)=C(c2cn(C)c3ccccc23)C1=O. The van der Waals surface area contributed by atoms with Gasteiger partial charge in [0.2, 0.25) is 0 Å². The van der Waals surface area contributed by atoms with Crippen LogP contribution < -0.4 is 5.32 Å². The molecule has 0 spiro atoms. The van der Waals surface area contributed by atoms with Crippen molar-refractivity contribution in [3.8, 4) is 0 Å². The number of para-hydroxylation sites is 1. The number of aryl methyl sites for hydroxylation is 1. The summed E-state index contributed by atoms with van der Waals surface area (Å²) in [5.41, 5.74) is 3.52. The molecule has 2 aromatic heterocycles. The quantitative estimate of drug-likeness (QED) is 0.735. The average molecular weight is 346 g/mol. The molecule has 3 heterocycles. The Kier molecular flexibility index (Phi) is 3.80. The van der Waals surface area contributed by atoms with Gasteiger partial charge in [0.15, 0.2) is 0 Å². The maximum absolute atomic E-state index is 12.8. The summed E-state index contributed by atoms with van der Waals surface area (Å²) < 4.78 is 1.97. The molecule has 0 bridgehead atoms. The van der Waals surface area contributed by atoms with Crippen LogP contribution in [0.3, 0.4) is 0 Å². The van der Waals surface area contributed by atoms with Crippen LogP contribution in [0.5, 0.6) is 0 Å². The van der Waals surface area contributed by atoms with E-state index in [4.69, 9.17) is 0 Å². The standard InChI is InChI=1S/C20H18N4O2/c1-23-12-15(14-5-3-4-6-16(14)23)17-18(20(26)24(2)19(17)25)22-11-13-7-9-21-10-8-13/h3-10,12,22H,11H2,1-2H3. The van der Waals surface area contributed by atoms with E-state index >= 15 is 0 Å². The van der Waals surface area contributed by atoms with Gasteiger partial charge in [-0.25, -0.2) is 0 Å². The summed E-state index contributed by atoms with van der Waals surface area (Å²) in [5.74, 6) is -0.601. The molecule has 1 aliphatic heterocycles. The number of aromatic nitrogens is 2. The van der Waals surface area contributed by atoms with Crippen molar-refractivity contribution in [2.45, 2.75) is 6.54 Å². The molecule has 26 heavy (non-hydrogen) atoms. The average Bonchev–Trinajstić information content (AvgIpc) is 3.10. The lowest BCUT2D eigenvalue weighted by molar-refractivity contribution is -0.135. The molecule has 0 aliphatic carbocycles. The Hall–Kier alpha value is -3.41. The number of imide groups is 1. The number of carbonyl (C=O) groups is 2. The van der Waals surface area contributed by atoms with Crippen LogP contribution in [0, 0.1) is 0 Å². The second kappa shape index (κ2) is 6.15. The first-order valence-electron chi connectivity index (χ1n) is 8.32. The molecule has 3 aromatic rings. The molecule has 0 atom stereocenters. The Morgan fingerprint density at radius 2 is 1.73 bits per heavy atom. The van der Waals surface area contributed by atoms with Gasteiger partial charge in [-0.15, -0.1) is 0 Å². The van der Waals surface area contributed by atoms with Crippen molar-refractivity contribution in [1.29, 1.82) is 0 Å². The number of fused-ring (bicyclic) bond motifs is 1. The number of nitrogens with zero attached hydrogens (tertiary/aromatic N) is 3. The van der Waals surface area contributed by atoms with Crippen LogP contribution in [-0.4, -0.2) is 33.3 Å². The van der Waals surface area contributed by atoms with Crippen molar-refractivity contribution in [2.24, 2.45) is 7.05 Å². The minimum Gasteiger partial charge on any atom is -0.376 e. The summed E-state index contributed by atoms with van der Waals surface area (Å²) in [5, 5.41) is 4.11. The van der Waals surface area contributed by atoms with Gasteiger partial charge in [-0.1, -0.05) is 18.2 Å². The monoisotopic (exact) mass is 346 g/mol. The number of hydrogen-bond acceptors (Lipinski definition) is 4. The molecule has 2 amide bonds. The highest BCUT2D eigenvalue weighted by Crippen LogP contribution is 2.33. The van der Waals surface area contributed by atoms with Gasteiger partial charge in [-0.05, 0) is 23.8 Å². The molecule has 0 fully saturated rings. The van der Waals surface area contributed by atoms with Crippen molar-refractivity contribution in [3.05, 3.63) is 71.8 Å². The summed E-state index contributed by atoms with van der Waals surface area (Å²) >= 11 is 0. The third-order valence-corrected chi connectivity index (χ3v) is 4.67. The molecule has 1 N–H and O–H groups in total. The Labute approximate surface area is 150 Å². The van der Waals surface area contributed by atoms with E-state index in [1.54, 1.807) is 12.4 Å². The fraction of sp³-hybridized carbons (Fsp3) is 0.150. The summed E-state index contributed by atoms with van der Waals surface area (Å²) in [6.45, 7) is 0.443. The van der Waals surface area contributed by atoms with E-state index in [-0.39, 0.29) is 11.8 Å². The number of nitrogens with one attached hydrogen (secondary N) is 1. The first-order valence-corrected chi connectivity index (χ1v) is 8.32. The van der Waals surface area contributed by atoms with E-state index in [0.29, 0.717) is 17.8 Å². The highest BCUT2D eigenvalue weighted by Gasteiger charge is 2.37. The maximum Gasteiger partial charge on any atom is 0.277 e. The number of carbonyl (C=O) groups excluding carboxylic acids is 2. The molecule has 130 valence electrons. The van der Waals surface area contributed by atoms with Crippen molar-refractivity contribution in [1.82, 2.24) is 19.8 Å². The molecular weight excluding hydrogens is 328 g/mol. The van der Waals surface area contributed by atoms with E-state index in [2.05, 4.69) is 10.3 Å². The van der Waals surface area contributed by atoms with Crippen LogP contribution in [0.15, 0.2) is 60.7 Å².